The molecule has 0 fully saturated rings. The minimum Gasteiger partial charge on any atom is -0.496 e. The molecular formula is C12H19NO4. The van der Waals surface area contributed by atoms with E-state index in [1.807, 2.05) is 0 Å². The average molecular weight is 241 g/mol. The molecular weight excluding hydrogens is 222 g/mol. The Balaban J connectivity index is 3.08. The number of rotatable bonds is 6. The van der Waals surface area contributed by atoms with Gasteiger partial charge in [-0.3, -0.25) is 0 Å². The van der Waals surface area contributed by atoms with Gasteiger partial charge in [0.25, 0.3) is 0 Å². The quantitative estimate of drug-likeness (QED) is 0.673. The lowest BCUT2D eigenvalue weighted by atomic mass is 10.00. The molecule has 1 aromatic rings. The molecule has 1 aromatic carbocycles. The minimum absolute atomic E-state index is 0.301. The topological polar surface area (TPSA) is 84.9 Å². The van der Waals surface area contributed by atoms with E-state index in [2.05, 4.69) is 0 Å². The van der Waals surface area contributed by atoms with E-state index < -0.39 is 12.2 Å². The van der Waals surface area contributed by atoms with Crippen LogP contribution in [0.15, 0.2) is 18.2 Å². The van der Waals surface area contributed by atoms with Crippen LogP contribution >= 0.6 is 0 Å². The van der Waals surface area contributed by atoms with Crippen molar-refractivity contribution in [1.82, 2.24) is 0 Å². The highest BCUT2D eigenvalue weighted by molar-refractivity contribution is 5.46. The van der Waals surface area contributed by atoms with Crippen LogP contribution in [0.5, 0.6) is 11.5 Å². The monoisotopic (exact) mass is 241 g/mol. The van der Waals surface area contributed by atoms with Crippen LogP contribution in [0.25, 0.3) is 0 Å². The summed E-state index contributed by atoms with van der Waals surface area (Å²) < 4.78 is 10.3. The third-order valence-electron chi connectivity index (χ3n) is 2.59. The maximum atomic E-state index is 10.1. The standard InChI is InChI=1S/C12H19NO4/c1-16-9-4-3-5-10(17-2)11(9)12(15)8(14)6-7-13/h3-5,8,12,14-15H,6-7,13H2,1-2H3. The van der Waals surface area contributed by atoms with Crippen LogP contribution in [0.2, 0.25) is 0 Å². The molecule has 0 spiro atoms. The van der Waals surface area contributed by atoms with Crippen molar-refractivity contribution >= 4 is 0 Å². The summed E-state index contributed by atoms with van der Waals surface area (Å²) in [5, 5.41) is 19.8. The predicted octanol–water partition coefficient (Wildman–Crippen LogP) is 0.447. The second-order valence-electron chi connectivity index (χ2n) is 3.67. The first-order valence-corrected chi connectivity index (χ1v) is 5.42. The molecule has 2 unspecified atom stereocenters. The fourth-order valence-corrected chi connectivity index (χ4v) is 1.69. The summed E-state index contributed by atoms with van der Waals surface area (Å²) in [6.07, 6.45) is -1.71. The number of aliphatic hydroxyl groups excluding tert-OH is 2. The number of ether oxygens (including phenoxy) is 2. The second kappa shape index (κ2) is 6.44. The molecule has 0 saturated heterocycles. The van der Waals surface area contributed by atoms with Gasteiger partial charge in [0.2, 0.25) is 0 Å². The van der Waals surface area contributed by atoms with Gasteiger partial charge in [0, 0.05) is 0 Å². The number of hydrogen-bond acceptors (Lipinski definition) is 5. The summed E-state index contributed by atoms with van der Waals surface area (Å²) in [5.74, 6) is 0.959. The Labute approximate surface area is 101 Å². The van der Waals surface area contributed by atoms with E-state index >= 15 is 0 Å². The van der Waals surface area contributed by atoms with Crippen LogP contribution in [0, 0.1) is 0 Å². The molecule has 1 rings (SSSR count). The van der Waals surface area contributed by atoms with Crippen LogP contribution in [0.1, 0.15) is 18.1 Å². The maximum Gasteiger partial charge on any atom is 0.128 e. The van der Waals surface area contributed by atoms with E-state index in [9.17, 15) is 10.2 Å². The van der Waals surface area contributed by atoms with Gasteiger partial charge in [0.1, 0.15) is 17.6 Å². The Bertz CT molecular complexity index is 334. The molecule has 0 aliphatic rings. The zero-order valence-corrected chi connectivity index (χ0v) is 10.1. The van der Waals surface area contributed by atoms with Crippen molar-refractivity contribution in [2.75, 3.05) is 20.8 Å². The molecule has 5 nitrogen and oxygen atoms in total. The Hall–Kier alpha value is -1.30. The van der Waals surface area contributed by atoms with Crippen molar-refractivity contribution in [2.45, 2.75) is 18.6 Å². The van der Waals surface area contributed by atoms with Crippen molar-refractivity contribution in [3.8, 4) is 11.5 Å². The normalized spacial score (nSPS) is 14.2. The summed E-state index contributed by atoms with van der Waals surface area (Å²) in [6.45, 7) is 0.301. The zero-order valence-electron chi connectivity index (χ0n) is 10.1. The molecule has 0 radical (unpaired) electrons. The zero-order chi connectivity index (χ0) is 12.8. The molecule has 0 aromatic heterocycles. The van der Waals surface area contributed by atoms with Crippen LogP contribution in [0.3, 0.4) is 0 Å². The number of hydrogen-bond donors (Lipinski definition) is 3. The summed E-state index contributed by atoms with van der Waals surface area (Å²) in [6, 6.07) is 5.16. The molecule has 0 heterocycles. The summed E-state index contributed by atoms with van der Waals surface area (Å²) in [7, 11) is 3.00. The molecule has 17 heavy (non-hydrogen) atoms. The van der Waals surface area contributed by atoms with Gasteiger partial charge in [-0.25, -0.2) is 0 Å². The van der Waals surface area contributed by atoms with Crippen LogP contribution in [0.4, 0.5) is 0 Å². The molecule has 4 N–H and O–H groups in total. The number of aliphatic hydroxyl groups is 2. The highest BCUT2D eigenvalue weighted by Gasteiger charge is 2.24. The third-order valence-corrected chi connectivity index (χ3v) is 2.59. The van der Waals surface area contributed by atoms with Gasteiger partial charge < -0.3 is 25.4 Å². The lowest BCUT2D eigenvalue weighted by molar-refractivity contribution is 0.0123. The predicted molar refractivity (Wildman–Crippen MR) is 64.2 cm³/mol. The second-order valence-corrected chi connectivity index (χ2v) is 3.67. The SMILES string of the molecule is COc1cccc(OC)c1C(O)C(O)CCN. The van der Waals surface area contributed by atoms with Crippen molar-refractivity contribution < 1.29 is 19.7 Å². The molecule has 96 valence electrons. The van der Waals surface area contributed by atoms with Crippen molar-refractivity contribution in [2.24, 2.45) is 5.73 Å². The number of nitrogens with two attached hydrogens (primary N) is 1. The van der Waals surface area contributed by atoms with Crippen molar-refractivity contribution in [3.05, 3.63) is 23.8 Å². The van der Waals surface area contributed by atoms with E-state index in [0.29, 0.717) is 30.0 Å². The van der Waals surface area contributed by atoms with E-state index in [4.69, 9.17) is 15.2 Å². The molecule has 0 aliphatic heterocycles. The summed E-state index contributed by atoms with van der Waals surface area (Å²) in [5.41, 5.74) is 5.80. The number of methoxy groups -OCH3 is 2. The first-order chi connectivity index (χ1) is 8.15. The molecule has 0 aliphatic carbocycles. The smallest absolute Gasteiger partial charge is 0.128 e. The molecule has 0 bridgehead atoms. The fraction of sp³-hybridized carbons (Fsp3) is 0.500. The van der Waals surface area contributed by atoms with Crippen molar-refractivity contribution in [1.29, 1.82) is 0 Å². The average Bonchev–Trinajstić information content (AvgIpc) is 2.37. The summed E-state index contributed by atoms with van der Waals surface area (Å²) >= 11 is 0. The lowest BCUT2D eigenvalue weighted by Gasteiger charge is -2.21. The maximum absolute atomic E-state index is 10.1. The van der Waals surface area contributed by atoms with Crippen LogP contribution in [-0.4, -0.2) is 37.1 Å². The number of benzene rings is 1. The van der Waals surface area contributed by atoms with Gasteiger partial charge in [-0.1, -0.05) is 6.07 Å². The summed E-state index contributed by atoms with van der Waals surface area (Å²) in [4.78, 5) is 0. The highest BCUT2D eigenvalue weighted by atomic mass is 16.5. The van der Waals surface area contributed by atoms with Crippen LogP contribution in [-0.2, 0) is 0 Å². The first-order valence-electron chi connectivity index (χ1n) is 5.42. The molecule has 2 atom stereocenters. The van der Waals surface area contributed by atoms with E-state index in [0.717, 1.165) is 0 Å². The van der Waals surface area contributed by atoms with E-state index in [1.165, 1.54) is 14.2 Å². The fourth-order valence-electron chi connectivity index (χ4n) is 1.69. The Morgan fingerprint density at radius 2 is 1.71 bits per heavy atom. The Morgan fingerprint density at radius 3 is 2.12 bits per heavy atom. The Kier molecular flexibility index (Phi) is 5.21. The Morgan fingerprint density at radius 1 is 1.18 bits per heavy atom. The van der Waals surface area contributed by atoms with Gasteiger partial charge >= 0.3 is 0 Å². The van der Waals surface area contributed by atoms with Gasteiger partial charge in [-0.15, -0.1) is 0 Å². The van der Waals surface area contributed by atoms with Gasteiger partial charge in [-0.2, -0.15) is 0 Å². The van der Waals surface area contributed by atoms with Crippen LogP contribution < -0.4 is 15.2 Å². The van der Waals surface area contributed by atoms with Gasteiger partial charge in [0.05, 0.1) is 25.9 Å². The largest absolute Gasteiger partial charge is 0.496 e. The van der Waals surface area contributed by atoms with E-state index in [1.54, 1.807) is 18.2 Å². The molecule has 0 amide bonds. The molecule has 5 heteroatoms. The third kappa shape index (κ3) is 3.09. The highest BCUT2D eigenvalue weighted by Crippen LogP contribution is 2.35. The van der Waals surface area contributed by atoms with Gasteiger partial charge in [0.15, 0.2) is 0 Å². The van der Waals surface area contributed by atoms with Gasteiger partial charge in [-0.05, 0) is 25.1 Å². The lowest BCUT2D eigenvalue weighted by Crippen LogP contribution is -2.22. The van der Waals surface area contributed by atoms with Crippen molar-refractivity contribution in [3.63, 3.8) is 0 Å². The molecule has 0 saturated carbocycles. The van der Waals surface area contributed by atoms with E-state index in [-0.39, 0.29) is 0 Å². The minimum atomic E-state index is -1.08. The first kappa shape index (κ1) is 13.8.